The van der Waals surface area contributed by atoms with Gasteiger partial charge in [0.1, 0.15) is 5.75 Å². The van der Waals surface area contributed by atoms with E-state index in [0.29, 0.717) is 0 Å². The molecule has 27 heavy (non-hydrogen) atoms. The lowest BCUT2D eigenvalue weighted by Gasteiger charge is -2.37. The summed E-state index contributed by atoms with van der Waals surface area (Å²) in [6.45, 7) is 4.82. The number of carbonyl (C=O) groups excluding carboxylic acids is 1. The summed E-state index contributed by atoms with van der Waals surface area (Å²) >= 11 is 6.14. The van der Waals surface area contributed by atoms with Crippen molar-refractivity contribution in [1.29, 1.82) is 0 Å². The second-order valence-corrected chi connectivity index (χ2v) is 7.77. The fraction of sp³-hybridized carbons (Fsp3) is 0.500. The van der Waals surface area contributed by atoms with Crippen LogP contribution in [0.4, 0.5) is 0 Å². The zero-order valence-corrected chi connectivity index (χ0v) is 16.4. The van der Waals surface area contributed by atoms with Gasteiger partial charge in [0.25, 0.3) is 0 Å². The summed E-state index contributed by atoms with van der Waals surface area (Å²) in [6.07, 6.45) is 5.60. The van der Waals surface area contributed by atoms with E-state index in [2.05, 4.69) is 14.5 Å². The maximum Gasteiger partial charge on any atom is 0.227 e. The molecule has 2 aromatic rings. The molecule has 0 radical (unpaired) electrons. The molecular weight excluding hydrogens is 364 g/mol. The summed E-state index contributed by atoms with van der Waals surface area (Å²) < 4.78 is 7.56. The van der Waals surface area contributed by atoms with Crippen molar-refractivity contribution in [3.63, 3.8) is 0 Å². The number of amides is 1. The van der Waals surface area contributed by atoms with E-state index in [9.17, 15) is 4.79 Å². The minimum absolute atomic E-state index is 0.0753. The number of carbonyl (C=O) groups is 1. The van der Waals surface area contributed by atoms with Crippen LogP contribution in [0.2, 0.25) is 5.02 Å². The second kappa shape index (κ2) is 7.90. The number of imidazole rings is 1. The number of methoxy groups -OCH3 is 1. The number of ether oxygens (including phenoxy) is 1. The monoisotopic (exact) mass is 388 g/mol. The zero-order valence-electron chi connectivity index (χ0n) is 15.6. The third-order valence-electron chi connectivity index (χ3n) is 5.63. The minimum atomic E-state index is 0.0753. The third-order valence-corrected chi connectivity index (χ3v) is 5.87. The van der Waals surface area contributed by atoms with Crippen molar-refractivity contribution in [2.24, 2.45) is 5.92 Å². The normalized spacial score (nSPS) is 20.4. The first-order valence-corrected chi connectivity index (χ1v) is 9.84. The topological polar surface area (TPSA) is 50.6 Å². The van der Waals surface area contributed by atoms with Gasteiger partial charge in [-0.15, -0.1) is 0 Å². The van der Waals surface area contributed by atoms with Crippen LogP contribution < -0.4 is 4.74 Å². The molecule has 0 aliphatic carbocycles. The Hall–Kier alpha value is -2.05. The Bertz CT molecular complexity index is 814. The van der Waals surface area contributed by atoms with Crippen LogP contribution in [0.1, 0.15) is 17.7 Å². The number of fused-ring (bicyclic) bond motifs is 1. The van der Waals surface area contributed by atoms with Gasteiger partial charge >= 0.3 is 0 Å². The Labute approximate surface area is 164 Å². The van der Waals surface area contributed by atoms with Gasteiger partial charge < -0.3 is 14.2 Å². The summed E-state index contributed by atoms with van der Waals surface area (Å²) in [7, 11) is 1.68. The summed E-state index contributed by atoms with van der Waals surface area (Å²) in [5, 5.41) is 0.718. The molecule has 6 nitrogen and oxygen atoms in total. The van der Waals surface area contributed by atoms with Crippen LogP contribution in [0.15, 0.2) is 30.7 Å². The zero-order chi connectivity index (χ0) is 18.8. The van der Waals surface area contributed by atoms with Crippen LogP contribution in [0.3, 0.4) is 0 Å². The molecule has 144 valence electrons. The van der Waals surface area contributed by atoms with Gasteiger partial charge in [0.2, 0.25) is 5.91 Å². The highest BCUT2D eigenvalue weighted by Gasteiger charge is 2.30. The van der Waals surface area contributed by atoms with Crippen LogP contribution in [-0.4, -0.2) is 58.5 Å². The number of benzene rings is 1. The highest BCUT2D eigenvalue weighted by molar-refractivity contribution is 6.30. The molecule has 3 heterocycles. The van der Waals surface area contributed by atoms with Crippen LogP contribution in [-0.2, 0) is 24.3 Å². The maximum absolute atomic E-state index is 12.9. The predicted octanol–water partition coefficient (Wildman–Crippen LogP) is 2.45. The molecule has 0 bridgehead atoms. The largest absolute Gasteiger partial charge is 0.496 e. The lowest BCUT2D eigenvalue weighted by Crippen LogP contribution is -2.50. The number of hydrogen-bond donors (Lipinski definition) is 0. The molecule has 7 heteroatoms. The Morgan fingerprint density at radius 3 is 2.89 bits per heavy atom. The molecule has 4 rings (SSSR count). The Kier molecular flexibility index (Phi) is 5.36. The van der Waals surface area contributed by atoms with Crippen molar-refractivity contribution in [3.05, 3.63) is 47.0 Å². The van der Waals surface area contributed by atoms with Crippen molar-refractivity contribution in [1.82, 2.24) is 19.4 Å². The summed E-state index contributed by atoms with van der Waals surface area (Å²) in [6, 6.07) is 5.71. The van der Waals surface area contributed by atoms with E-state index in [0.717, 1.165) is 68.4 Å². The van der Waals surface area contributed by atoms with Crippen molar-refractivity contribution in [3.8, 4) is 5.75 Å². The summed E-state index contributed by atoms with van der Waals surface area (Å²) in [4.78, 5) is 21.5. The van der Waals surface area contributed by atoms with E-state index in [4.69, 9.17) is 16.3 Å². The van der Waals surface area contributed by atoms with E-state index in [1.807, 2.05) is 35.6 Å². The van der Waals surface area contributed by atoms with E-state index in [1.54, 1.807) is 7.11 Å². The SMILES string of the molecule is COc1ccc(Cl)cc1CN1CCN(C(=O)C2CCc3cncn3C2)CC1. The van der Waals surface area contributed by atoms with Crippen LogP contribution >= 0.6 is 11.6 Å². The van der Waals surface area contributed by atoms with Crippen LogP contribution in [0.5, 0.6) is 5.75 Å². The number of piperazine rings is 1. The molecule has 1 aromatic carbocycles. The molecule has 2 aliphatic rings. The standard InChI is InChI=1S/C20H25ClN4O2/c1-27-19-5-3-17(21)10-16(19)12-23-6-8-24(9-7-23)20(26)15-2-4-18-11-22-14-25(18)13-15/h3,5,10-11,14-15H,2,4,6-9,12-13H2,1H3. The first kappa shape index (κ1) is 18.3. The van der Waals surface area contributed by atoms with Gasteiger partial charge in [-0.05, 0) is 31.0 Å². The van der Waals surface area contributed by atoms with Crippen LogP contribution in [0.25, 0.3) is 0 Å². The van der Waals surface area contributed by atoms with Gasteiger partial charge in [-0.3, -0.25) is 9.69 Å². The van der Waals surface area contributed by atoms with E-state index < -0.39 is 0 Å². The average Bonchev–Trinajstić information content (AvgIpc) is 3.16. The summed E-state index contributed by atoms with van der Waals surface area (Å²) in [5.41, 5.74) is 2.32. The molecule has 1 fully saturated rings. The lowest BCUT2D eigenvalue weighted by atomic mass is 9.96. The smallest absolute Gasteiger partial charge is 0.227 e. The number of aryl methyl sites for hydroxylation is 1. The minimum Gasteiger partial charge on any atom is -0.496 e. The van der Waals surface area contributed by atoms with Gasteiger partial charge in [0.15, 0.2) is 0 Å². The molecule has 2 aliphatic heterocycles. The highest BCUT2D eigenvalue weighted by atomic mass is 35.5. The van der Waals surface area contributed by atoms with Gasteiger partial charge in [-0.2, -0.15) is 0 Å². The Balaban J connectivity index is 1.33. The van der Waals surface area contributed by atoms with Gasteiger partial charge in [-0.25, -0.2) is 4.98 Å². The molecule has 1 unspecified atom stereocenters. The van der Waals surface area contributed by atoms with Crippen molar-refractivity contribution >= 4 is 17.5 Å². The number of hydrogen-bond acceptors (Lipinski definition) is 4. The van der Waals surface area contributed by atoms with Crippen molar-refractivity contribution in [2.45, 2.75) is 25.9 Å². The van der Waals surface area contributed by atoms with Crippen molar-refractivity contribution < 1.29 is 9.53 Å². The Morgan fingerprint density at radius 1 is 1.30 bits per heavy atom. The first-order chi connectivity index (χ1) is 13.1. The number of halogens is 1. The quantitative estimate of drug-likeness (QED) is 0.807. The molecule has 1 saturated heterocycles. The van der Waals surface area contributed by atoms with E-state index in [-0.39, 0.29) is 11.8 Å². The molecule has 0 N–H and O–H groups in total. The molecule has 0 spiro atoms. The molecule has 1 atom stereocenters. The third kappa shape index (κ3) is 3.96. The maximum atomic E-state index is 12.9. The predicted molar refractivity (Wildman–Crippen MR) is 104 cm³/mol. The molecular formula is C20H25ClN4O2. The van der Waals surface area contributed by atoms with Gasteiger partial charge in [-0.1, -0.05) is 11.6 Å². The number of nitrogens with zero attached hydrogens (tertiary/aromatic N) is 4. The lowest BCUT2D eigenvalue weighted by molar-refractivity contribution is -0.138. The second-order valence-electron chi connectivity index (χ2n) is 7.33. The molecule has 1 aromatic heterocycles. The van der Waals surface area contributed by atoms with E-state index in [1.165, 1.54) is 5.69 Å². The molecule has 1 amide bonds. The van der Waals surface area contributed by atoms with Crippen molar-refractivity contribution in [2.75, 3.05) is 33.3 Å². The Morgan fingerprint density at radius 2 is 2.11 bits per heavy atom. The van der Waals surface area contributed by atoms with Crippen LogP contribution in [0, 0.1) is 5.92 Å². The highest BCUT2D eigenvalue weighted by Crippen LogP contribution is 2.25. The number of rotatable bonds is 4. The van der Waals surface area contributed by atoms with Gasteiger partial charge in [0, 0.05) is 61.7 Å². The van der Waals surface area contributed by atoms with E-state index >= 15 is 0 Å². The molecule has 0 saturated carbocycles. The first-order valence-electron chi connectivity index (χ1n) is 9.46. The number of aromatic nitrogens is 2. The fourth-order valence-corrected chi connectivity index (χ4v) is 4.26. The fourth-order valence-electron chi connectivity index (χ4n) is 4.07. The average molecular weight is 389 g/mol. The summed E-state index contributed by atoms with van der Waals surface area (Å²) in [5.74, 6) is 1.22. The van der Waals surface area contributed by atoms with Gasteiger partial charge in [0.05, 0.1) is 19.4 Å².